The second kappa shape index (κ2) is 10.7. The zero-order valence-corrected chi connectivity index (χ0v) is 19.7. The maximum atomic E-state index is 14.8. The van der Waals surface area contributed by atoms with Gasteiger partial charge >= 0.3 is 5.97 Å². The summed E-state index contributed by atoms with van der Waals surface area (Å²) in [7, 11) is -1.78. The van der Waals surface area contributed by atoms with Gasteiger partial charge in [-0.3, -0.25) is 0 Å². The molecule has 0 aliphatic rings. The normalized spacial score (nSPS) is 12.1. The number of carboxylic acids is 1. The van der Waals surface area contributed by atoms with Crippen LogP contribution in [0.1, 0.15) is 22.8 Å². The number of methoxy groups -OCH3 is 1. The first-order valence-electron chi connectivity index (χ1n) is 10.1. The zero-order chi connectivity index (χ0) is 26.6. The first kappa shape index (κ1) is 26.5. The lowest BCUT2D eigenvalue weighted by Crippen LogP contribution is -2.27. The Labute approximate surface area is 204 Å². The van der Waals surface area contributed by atoms with Crippen molar-refractivity contribution in [3.05, 3.63) is 88.7 Å². The van der Waals surface area contributed by atoms with E-state index in [1.54, 1.807) is 6.07 Å². The van der Waals surface area contributed by atoms with Gasteiger partial charge in [-0.2, -0.15) is 9.57 Å². The molecule has 0 spiro atoms. The molecule has 3 rings (SSSR count). The van der Waals surface area contributed by atoms with Crippen LogP contribution in [0.25, 0.3) is 0 Å². The van der Waals surface area contributed by atoms with E-state index in [-0.39, 0.29) is 33.1 Å². The van der Waals surface area contributed by atoms with Crippen molar-refractivity contribution >= 4 is 16.0 Å². The molecule has 0 aliphatic carbocycles. The first-order valence-corrected chi connectivity index (χ1v) is 11.6. The summed E-state index contributed by atoms with van der Waals surface area (Å²) in [4.78, 5) is 11.3. The van der Waals surface area contributed by atoms with Crippen LogP contribution in [0.2, 0.25) is 0 Å². The molecule has 0 amide bonds. The van der Waals surface area contributed by atoms with Gasteiger partial charge in [0.2, 0.25) is 16.1 Å². The molecule has 0 bridgehead atoms. The minimum Gasteiger partial charge on any atom is -0.494 e. The second-order valence-corrected chi connectivity index (χ2v) is 9.58. The van der Waals surface area contributed by atoms with E-state index in [0.717, 1.165) is 46.8 Å². The number of nitrogens with zero attached hydrogens (tertiary/aromatic N) is 2. The molecule has 8 nitrogen and oxygen atoms in total. The number of aliphatic carboxylic acids is 1. The standard InChI is InChI=1S/C24H19F3N2O6S/c1-29(36(32,33)19-5-6-22(34-2)21(27)11-19)13-15-3-4-18(10-20(15)26)35-23(24(30)31)16-7-14(12-28)8-17(25)9-16/h3-11,23H,13H2,1-2H3,(H,30,31). The number of benzene rings is 3. The predicted molar refractivity (Wildman–Crippen MR) is 120 cm³/mol. The summed E-state index contributed by atoms with van der Waals surface area (Å²) in [6.45, 7) is -0.431. The molecule has 0 aliphatic heterocycles. The highest BCUT2D eigenvalue weighted by Crippen LogP contribution is 2.28. The molecule has 3 aromatic carbocycles. The van der Waals surface area contributed by atoms with E-state index in [2.05, 4.69) is 0 Å². The van der Waals surface area contributed by atoms with Gasteiger partial charge in [-0.15, -0.1) is 0 Å². The highest BCUT2D eigenvalue weighted by Gasteiger charge is 2.26. The summed E-state index contributed by atoms with van der Waals surface area (Å²) >= 11 is 0. The Morgan fingerprint density at radius 2 is 1.81 bits per heavy atom. The SMILES string of the molecule is COc1ccc(S(=O)(=O)N(C)Cc2ccc(OC(C(=O)O)c3cc(F)cc(C#N)c3)cc2F)cc1F. The molecule has 0 fully saturated rings. The minimum atomic E-state index is -4.19. The van der Waals surface area contributed by atoms with Crippen LogP contribution in [0.3, 0.4) is 0 Å². The topological polar surface area (TPSA) is 117 Å². The molecule has 188 valence electrons. The molecule has 1 atom stereocenters. The van der Waals surface area contributed by atoms with Gasteiger partial charge in [0.05, 0.1) is 23.6 Å². The number of ether oxygens (including phenoxy) is 2. The molecule has 3 aromatic rings. The largest absolute Gasteiger partial charge is 0.494 e. The number of rotatable bonds is 9. The van der Waals surface area contributed by atoms with E-state index in [1.165, 1.54) is 26.3 Å². The summed E-state index contributed by atoms with van der Waals surface area (Å²) in [6, 6.07) is 11.0. The van der Waals surface area contributed by atoms with Gasteiger partial charge in [-0.25, -0.2) is 26.4 Å². The van der Waals surface area contributed by atoms with Crippen molar-refractivity contribution in [2.75, 3.05) is 14.2 Å². The number of nitriles is 1. The lowest BCUT2D eigenvalue weighted by Gasteiger charge is -2.19. The molecule has 0 heterocycles. The molecule has 1 N–H and O–H groups in total. The van der Waals surface area contributed by atoms with Crippen LogP contribution >= 0.6 is 0 Å². The van der Waals surface area contributed by atoms with E-state index in [1.807, 2.05) is 0 Å². The molecule has 1 unspecified atom stereocenters. The van der Waals surface area contributed by atoms with Crippen LogP contribution in [-0.2, 0) is 21.4 Å². The smallest absolute Gasteiger partial charge is 0.349 e. The summed E-state index contributed by atoms with van der Waals surface area (Å²) < 4.78 is 79.0. The Kier molecular flexibility index (Phi) is 7.87. The van der Waals surface area contributed by atoms with Crippen LogP contribution < -0.4 is 9.47 Å². The van der Waals surface area contributed by atoms with Crippen molar-refractivity contribution in [3.63, 3.8) is 0 Å². The Hall–Kier alpha value is -4.08. The lowest BCUT2D eigenvalue weighted by atomic mass is 10.1. The van der Waals surface area contributed by atoms with E-state index < -0.39 is 46.1 Å². The third-order valence-electron chi connectivity index (χ3n) is 5.08. The quantitative estimate of drug-likeness (QED) is 0.453. The van der Waals surface area contributed by atoms with Crippen LogP contribution in [0.15, 0.2) is 59.5 Å². The Morgan fingerprint density at radius 1 is 1.08 bits per heavy atom. The third-order valence-corrected chi connectivity index (χ3v) is 6.88. The summed E-state index contributed by atoms with van der Waals surface area (Å²) in [5, 5.41) is 18.5. The molecule has 0 saturated heterocycles. The minimum absolute atomic E-state index is 0.0770. The maximum absolute atomic E-state index is 14.8. The fraction of sp³-hybridized carbons (Fsp3) is 0.167. The van der Waals surface area contributed by atoms with Gasteiger partial charge in [0.15, 0.2) is 11.6 Å². The molecule has 0 radical (unpaired) electrons. The predicted octanol–water partition coefficient (Wildman–Crippen LogP) is 4.01. The lowest BCUT2D eigenvalue weighted by molar-refractivity contribution is -0.145. The number of hydrogen-bond donors (Lipinski definition) is 1. The van der Waals surface area contributed by atoms with Gasteiger partial charge in [0, 0.05) is 30.8 Å². The number of carbonyl (C=O) groups is 1. The van der Waals surface area contributed by atoms with Crippen molar-refractivity contribution in [1.82, 2.24) is 4.31 Å². The molecule has 12 heteroatoms. The van der Waals surface area contributed by atoms with E-state index in [0.29, 0.717) is 0 Å². The summed E-state index contributed by atoms with van der Waals surface area (Å²) in [6.07, 6.45) is -1.74. The fourth-order valence-corrected chi connectivity index (χ4v) is 4.43. The highest BCUT2D eigenvalue weighted by molar-refractivity contribution is 7.89. The molecular weight excluding hydrogens is 501 g/mol. The van der Waals surface area contributed by atoms with E-state index >= 15 is 0 Å². The third kappa shape index (κ3) is 5.76. The number of carboxylic acid groups (broad SMARTS) is 1. The van der Waals surface area contributed by atoms with Crippen molar-refractivity contribution in [3.8, 4) is 17.6 Å². The van der Waals surface area contributed by atoms with Gasteiger partial charge < -0.3 is 14.6 Å². The second-order valence-electron chi connectivity index (χ2n) is 7.53. The van der Waals surface area contributed by atoms with E-state index in [9.17, 15) is 31.5 Å². The molecule has 0 saturated carbocycles. The number of hydrogen-bond acceptors (Lipinski definition) is 6. The highest BCUT2D eigenvalue weighted by atomic mass is 32.2. The van der Waals surface area contributed by atoms with Crippen molar-refractivity contribution in [2.24, 2.45) is 0 Å². The summed E-state index contributed by atoms with van der Waals surface area (Å²) in [5.41, 5.74) is -0.366. The van der Waals surface area contributed by atoms with Gasteiger partial charge in [0.25, 0.3) is 0 Å². The van der Waals surface area contributed by atoms with Crippen molar-refractivity contribution in [1.29, 1.82) is 5.26 Å². The zero-order valence-electron chi connectivity index (χ0n) is 18.9. The molecule has 36 heavy (non-hydrogen) atoms. The Bertz CT molecular complexity index is 1460. The number of halogens is 3. The average Bonchev–Trinajstić information content (AvgIpc) is 2.83. The molecular formula is C24H19F3N2O6S. The van der Waals surface area contributed by atoms with Gasteiger partial charge in [0.1, 0.15) is 17.4 Å². The van der Waals surface area contributed by atoms with Crippen LogP contribution in [-0.4, -0.2) is 38.0 Å². The first-order chi connectivity index (χ1) is 17.0. The average molecular weight is 520 g/mol. The van der Waals surface area contributed by atoms with Gasteiger partial charge in [-0.1, -0.05) is 6.07 Å². The van der Waals surface area contributed by atoms with E-state index in [4.69, 9.17) is 14.7 Å². The van der Waals surface area contributed by atoms with Crippen LogP contribution in [0.5, 0.6) is 11.5 Å². The van der Waals surface area contributed by atoms with Crippen molar-refractivity contribution < 1.29 is 41.0 Å². The Balaban J connectivity index is 1.82. The monoisotopic (exact) mass is 520 g/mol. The maximum Gasteiger partial charge on any atom is 0.349 e. The Morgan fingerprint density at radius 3 is 2.39 bits per heavy atom. The van der Waals surface area contributed by atoms with Crippen LogP contribution in [0, 0.1) is 28.8 Å². The van der Waals surface area contributed by atoms with Gasteiger partial charge in [-0.05, 0) is 42.5 Å². The molecule has 0 aromatic heterocycles. The fourth-order valence-electron chi connectivity index (χ4n) is 3.27. The van der Waals surface area contributed by atoms with Crippen molar-refractivity contribution in [2.45, 2.75) is 17.5 Å². The number of sulfonamides is 1. The summed E-state index contributed by atoms with van der Waals surface area (Å²) in [5.74, 6) is -4.51. The van der Waals surface area contributed by atoms with Crippen LogP contribution in [0.4, 0.5) is 13.2 Å².